The maximum Gasteiger partial charge on any atom is 0.336 e. The maximum absolute atomic E-state index is 13.6. The number of nitrogens with one attached hydrogen (secondary N) is 1. The van der Waals surface area contributed by atoms with E-state index in [4.69, 9.17) is 4.74 Å². The van der Waals surface area contributed by atoms with Crippen molar-refractivity contribution in [1.29, 1.82) is 0 Å². The Morgan fingerprint density at radius 1 is 0.951 bits per heavy atom. The second-order valence-electron chi connectivity index (χ2n) is 10.5. The molecule has 0 aromatic heterocycles. The van der Waals surface area contributed by atoms with Gasteiger partial charge in [0.25, 0.3) is 11.8 Å². The van der Waals surface area contributed by atoms with Gasteiger partial charge in [-0.25, -0.2) is 14.5 Å². The fourth-order valence-electron chi connectivity index (χ4n) is 6.49. The lowest BCUT2D eigenvalue weighted by Crippen LogP contribution is -2.70. The number of fused-ring (bicyclic) bond motifs is 4. The van der Waals surface area contributed by atoms with Gasteiger partial charge in [-0.3, -0.25) is 34.3 Å². The van der Waals surface area contributed by atoms with Crippen molar-refractivity contribution in [3.63, 3.8) is 0 Å². The van der Waals surface area contributed by atoms with Gasteiger partial charge in [0.2, 0.25) is 11.8 Å². The summed E-state index contributed by atoms with van der Waals surface area (Å²) >= 11 is 0. The molecule has 0 saturated carbocycles. The Labute approximate surface area is 235 Å². The third-order valence-corrected chi connectivity index (χ3v) is 8.39. The summed E-state index contributed by atoms with van der Waals surface area (Å²) in [5.41, 5.74) is 0.441. The topological polar surface area (TPSA) is 137 Å². The van der Waals surface area contributed by atoms with Crippen molar-refractivity contribution in [3.8, 4) is 5.75 Å². The monoisotopic (exact) mass is 557 g/mol. The number of benzene rings is 2. The SMILES string of the molecule is COc1ccccc1N1C(=O)NC(=O)/C(=C/c2ccc3c(c2)CC2(C(=O)N(C)C(=O)N(C)C2=O)[C@@H]2CCCN32)C1=O. The van der Waals surface area contributed by atoms with Gasteiger partial charge in [-0.2, -0.15) is 0 Å². The third-order valence-electron chi connectivity index (χ3n) is 8.39. The average molecular weight is 558 g/mol. The number of rotatable bonds is 3. The molecule has 41 heavy (non-hydrogen) atoms. The number of ether oxygens (including phenoxy) is 1. The molecule has 0 radical (unpaired) electrons. The van der Waals surface area contributed by atoms with Gasteiger partial charge in [-0.05, 0) is 60.7 Å². The summed E-state index contributed by atoms with van der Waals surface area (Å²) in [6.07, 6.45) is 2.84. The molecule has 3 fully saturated rings. The van der Waals surface area contributed by atoms with Crippen LogP contribution in [0, 0.1) is 5.41 Å². The van der Waals surface area contributed by atoms with Crippen LogP contribution in [0.5, 0.6) is 5.75 Å². The summed E-state index contributed by atoms with van der Waals surface area (Å²) in [7, 11) is 4.17. The minimum atomic E-state index is -1.47. The fraction of sp³-hybridized carbons (Fsp3) is 0.310. The molecule has 4 aliphatic heterocycles. The van der Waals surface area contributed by atoms with E-state index in [0.717, 1.165) is 26.8 Å². The summed E-state index contributed by atoms with van der Waals surface area (Å²) in [5, 5.41) is 2.21. The van der Waals surface area contributed by atoms with Crippen LogP contribution >= 0.6 is 0 Å². The van der Waals surface area contributed by atoms with Crippen LogP contribution in [-0.4, -0.2) is 79.3 Å². The number of para-hydroxylation sites is 2. The molecule has 3 saturated heterocycles. The first-order chi connectivity index (χ1) is 19.6. The van der Waals surface area contributed by atoms with Crippen molar-refractivity contribution in [2.45, 2.75) is 25.3 Å². The Morgan fingerprint density at radius 3 is 2.37 bits per heavy atom. The van der Waals surface area contributed by atoms with Gasteiger partial charge in [-0.15, -0.1) is 0 Å². The van der Waals surface area contributed by atoms with Crippen LogP contribution in [-0.2, 0) is 25.6 Å². The van der Waals surface area contributed by atoms with E-state index >= 15 is 0 Å². The Balaban J connectivity index is 1.41. The van der Waals surface area contributed by atoms with E-state index in [1.165, 1.54) is 33.3 Å². The first-order valence-electron chi connectivity index (χ1n) is 13.1. The molecule has 0 aliphatic carbocycles. The quantitative estimate of drug-likeness (QED) is 0.344. The Morgan fingerprint density at radius 2 is 1.66 bits per heavy atom. The number of anilines is 2. The fourth-order valence-corrected chi connectivity index (χ4v) is 6.49. The van der Waals surface area contributed by atoms with Crippen LogP contribution in [0.4, 0.5) is 21.0 Å². The number of nitrogens with zero attached hydrogens (tertiary/aromatic N) is 4. The largest absolute Gasteiger partial charge is 0.495 e. The maximum atomic E-state index is 13.6. The smallest absolute Gasteiger partial charge is 0.336 e. The molecule has 210 valence electrons. The van der Waals surface area contributed by atoms with Gasteiger partial charge < -0.3 is 9.64 Å². The summed E-state index contributed by atoms with van der Waals surface area (Å²) in [6.45, 7) is 0.638. The molecule has 1 spiro atoms. The molecule has 1 atom stereocenters. The van der Waals surface area contributed by atoms with Crippen molar-refractivity contribution < 1.29 is 33.5 Å². The van der Waals surface area contributed by atoms with E-state index in [1.807, 2.05) is 11.0 Å². The van der Waals surface area contributed by atoms with Gasteiger partial charge >= 0.3 is 12.1 Å². The molecule has 0 bridgehead atoms. The second-order valence-corrected chi connectivity index (χ2v) is 10.5. The van der Waals surface area contributed by atoms with Crippen LogP contribution in [0.3, 0.4) is 0 Å². The van der Waals surface area contributed by atoms with E-state index in [9.17, 15) is 28.8 Å². The van der Waals surface area contributed by atoms with E-state index < -0.39 is 47.1 Å². The molecule has 4 heterocycles. The van der Waals surface area contributed by atoms with Crippen molar-refractivity contribution >= 4 is 53.1 Å². The van der Waals surface area contributed by atoms with E-state index in [-0.39, 0.29) is 23.4 Å². The van der Waals surface area contributed by atoms with Gasteiger partial charge in [0, 0.05) is 26.3 Å². The van der Waals surface area contributed by atoms with Crippen LogP contribution in [0.15, 0.2) is 48.0 Å². The Kier molecular flexibility index (Phi) is 5.94. The van der Waals surface area contributed by atoms with Crippen LogP contribution in [0.2, 0.25) is 0 Å². The van der Waals surface area contributed by atoms with E-state index in [1.54, 1.807) is 30.3 Å². The highest BCUT2D eigenvalue weighted by molar-refractivity contribution is 6.39. The summed E-state index contributed by atoms with van der Waals surface area (Å²) in [5.74, 6) is -2.47. The second kappa shape index (κ2) is 9.29. The van der Waals surface area contributed by atoms with Crippen molar-refractivity contribution in [3.05, 3.63) is 59.2 Å². The molecule has 1 N–H and O–H groups in total. The highest BCUT2D eigenvalue weighted by Gasteiger charge is 2.63. The summed E-state index contributed by atoms with van der Waals surface area (Å²) < 4.78 is 5.30. The predicted molar refractivity (Wildman–Crippen MR) is 146 cm³/mol. The predicted octanol–water partition coefficient (Wildman–Crippen LogP) is 1.92. The molecule has 8 amide bonds. The van der Waals surface area contributed by atoms with Crippen LogP contribution < -0.4 is 19.9 Å². The number of hydrogen-bond acceptors (Lipinski definition) is 8. The van der Waals surface area contributed by atoms with Crippen LogP contribution in [0.1, 0.15) is 24.0 Å². The number of methoxy groups -OCH3 is 1. The first kappa shape index (κ1) is 26.2. The molecule has 2 aromatic carbocycles. The Hall–Kier alpha value is -5.00. The van der Waals surface area contributed by atoms with E-state index in [2.05, 4.69) is 5.32 Å². The summed E-state index contributed by atoms with van der Waals surface area (Å²) in [4.78, 5) is 83.6. The first-order valence-corrected chi connectivity index (χ1v) is 13.1. The highest BCUT2D eigenvalue weighted by atomic mass is 16.5. The number of hydrogen-bond donors (Lipinski definition) is 1. The van der Waals surface area contributed by atoms with Gasteiger partial charge in [0.15, 0.2) is 5.41 Å². The molecule has 12 nitrogen and oxygen atoms in total. The number of urea groups is 2. The van der Waals surface area contributed by atoms with Crippen LogP contribution in [0.25, 0.3) is 6.08 Å². The van der Waals surface area contributed by atoms with Crippen molar-refractivity contribution in [2.75, 3.05) is 37.5 Å². The molecule has 6 rings (SSSR count). The van der Waals surface area contributed by atoms with Gasteiger partial charge in [-0.1, -0.05) is 18.2 Å². The summed E-state index contributed by atoms with van der Waals surface area (Å²) in [6, 6.07) is 9.81. The zero-order chi connectivity index (χ0) is 29.2. The molecule has 4 aliphatic rings. The third kappa shape index (κ3) is 3.66. The number of imide groups is 4. The molecule has 2 aromatic rings. The van der Waals surface area contributed by atoms with Crippen molar-refractivity contribution in [2.24, 2.45) is 5.41 Å². The Bertz CT molecular complexity index is 1570. The lowest BCUT2D eigenvalue weighted by atomic mass is 9.68. The number of barbiturate groups is 2. The number of carbonyl (C=O) groups excluding carboxylic acids is 6. The number of amides is 8. The molecule has 0 unspecified atom stereocenters. The zero-order valence-electron chi connectivity index (χ0n) is 22.7. The molecular weight excluding hydrogens is 530 g/mol. The van der Waals surface area contributed by atoms with Gasteiger partial charge in [0.05, 0.1) is 18.8 Å². The zero-order valence-corrected chi connectivity index (χ0v) is 22.7. The van der Waals surface area contributed by atoms with E-state index in [0.29, 0.717) is 24.1 Å². The highest BCUT2D eigenvalue weighted by Crippen LogP contribution is 2.49. The van der Waals surface area contributed by atoms with Gasteiger partial charge in [0.1, 0.15) is 11.3 Å². The van der Waals surface area contributed by atoms with Crippen molar-refractivity contribution in [1.82, 2.24) is 15.1 Å². The molecule has 12 heteroatoms. The minimum Gasteiger partial charge on any atom is -0.495 e. The lowest BCUT2D eigenvalue weighted by Gasteiger charge is -2.50. The average Bonchev–Trinajstić information content (AvgIpc) is 3.47. The molecular formula is C29H27N5O7. The normalized spacial score (nSPS) is 22.9. The standard InChI is InChI=1S/C29H27N5O7/c1-31-25(37)29(26(38)32(2)28(31)40)15-17-13-16(10-11-19(17)33-12-6-9-22(29)33)14-18-23(35)30-27(39)34(24(18)36)20-7-4-5-8-21(20)41-3/h4-5,7-8,10-11,13-14,22H,6,9,12,15H2,1-3H3,(H,30,35,39)/b18-14-/t22-/m0/s1. The lowest BCUT2D eigenvalue weighted by molar-refractivity contribution is -0.159. The number of carbonyl (C=O) groups is 6. The minimum absolute atomic E-state index is 0.0616.